The highest BCUT2D eigenvalue weighted by Crippen LogP contribution is 2.18. The minimum absolute atomic E-state index is 0.113. The zero-order valence-electron chi connectivity index (χ0n) is 12.3. The Morgan fingerprint density at radius 3 is 2.67 bits per heavy atom. The molecule has 0 aliphatic rings. The first-order valence-corrected chi connectivity index (χ1v) is 7.69. The van der Waals surface area contributed by atoms with E-state index >= 15 is 0 Å². The van der Waals surface area contributed by atoms with E-state index in [9.17, 15) is 4.79 Å². The predicted octanol–water partition coefficient (Wildman–Crippen LogP) is 3.29. The summed E-state index contributed by atoms with van der Waals surface area (Å²) in [6, 6.07) is 7.18. The van der Waals surface area contributed by atoms with E-state index < -0.39 is 0 Å². The van der Waals surface area contributed by atoms with Crippen LogP contribution in [0.1, 0.15) is 19.5 Å². The van der Waals surface area contributed by atoms with Gasteiger partial charge in [-0.2, -0.15) is 0 Å². The average Bonchev–Trinajstić information content (AvgIpc) is 2.86. The van der Waals surface area contributed by atoms with Crippen molar-refractivity contribution in [1.82, 2.24) is 4.98 Å². The molecule has 1 amide bonds. The summed E-state index contributed by atoms with van der Waals surface area (Å²) in [6.45, 7) is 6.29. The summed E-state index contributed by atoms with van der Waals surface area (Å²) in [5, 5.41) is 8.47. The third-order valence-corrected chi connectivity index (χ3v) is 3.67. The van der Waals surface area contributed by atoms with Gasteiger partial charge in [0.15, 0.2) is 5.13 Å². The van der Waals surface area contributed by atoms with Gasteiger partial charge in [-0.05, 0) is 45.0 Å². The fourth-order valence-electron chi connectivity index (χ4n) is 1.75. The van der Waals surface area contributed by atoms with E-state index in [1.54, 1.807) is 0 Å². The number of aromatic nitrogens is 1. The highest BCUT2D eigenvalue weighted by atomic mass is 32.1. The minimum Gasteiger partial charge on any atom is -0.494 e. The number of hydrogen-bond donors (Lipinski definition) is 2. The van der Waals surface area contributed by atoms with Gasteiger partial charge in [0.2, 0.25) is 5.91 Å². The van der Waals surface area contributed by atoms with Gasteiger partial charge in [0.25, 0.3) is 0 Å². The lowest BCUT2D eigenvalue weighted by Crippen LogP contribution is -2.31. The molecule has 0 spiro atoms. The van der Waals surface area contributed by atoms with Crippen molar-refractivity contribution in [3.05, 3.63) is 35.3 Å². The molecule has 2 N–H and O–H groups in total. The van der Waals surface area contributed by atoms with E-state index in [0.29, 0.717) is 11.7 Å². The first-order chi connectivity index (χ1) is 10.1. The molecule has 1 aromatic carbocycles. The first kappa shape index (κ1) is 15.3. The minimum atomic E-state index is -0.354. The number of aryl methyl sites for hydroxylation is 1. The highest BCUT2D eigenvalue weighted by Gasteiger charge is 2.14. The summed E-state index contributed by atoms with van der Waals surface area (Å²) in [7, 11) is 0. The number of hydrogen-bond acceptors (Lipinski definition) is 5. The standard InChI is InChI=1S/C15H19N3O2S/c1-4-20-13-7-5-12(6-8-13)17-11(3)14(19)18-15-16-10(2)9-21-15/h5-9,11,17H,4H2,1-3H3,(H,16,18,19). The van der Waals surface area contributed by atoms with E-state index in [1.165, 1.54) is 11.3 Å². The summed E-state index contributed by atoms with van der Waals surface area (Å²) in [5.41, 5.74) is 1.78. The molecule has 6 heteroatoms. The van der Waals surface area contributed by atoms with Gasteiger partial charge in [-0.3, -0.25) is 4.79 Å². The van der Waals surface area contributed by atoms with Gasteiger partial charge in [0, 0.05) is 11.1 Å². The van der Waals surface area contributed by atoms with Crippen LogP contribution in [-0.2, 0) is 4.79 Å². The van der Waals surface area contributed by atoms with Gasteiger partial charge in [-0.25, -0.2) is 4.98 Å². The molecule has 21 heavy (non-hydrogen) atoms. The van der Waals surface area contributed by atoms with E-state index in [1.807, 2.05) is 50.4 Å². The molecule has 0 saturated heterocycles. The van der Waals surface area contributed by atoms with Gasteiger partial charge in [0.05, 0.1) is 12.3 Å². The Kier molecular flexibility index (Phi) is 5.16. The second-order valence-corrected chi connectivity index (χ2v) is 5.46. The van der Waals surface area contributed by atoms with Gasteiger partial charge in [-0.1, -0.05) is 0 Å². The second kappa shape index (κ2) is 7.08. The molecule has 0 aliphatic heterocycles. The van der Waals surface area contributed by atoms with Crippen LogP contribution in [0.25, 0.3) is 0 Å². The van der Waals surface area contributed by atoms with Crippen LogP contribution < -0.4 is 15.4 Å². The smallest absolute Gasteiger partial charge is 0.248 e. The average molecular weight is 305 g/mol. The Morgan fingerprint density at radius 2 is 2.10 bits per heavy atom. The maximum absolute atomic E-state index is 12.1. The van der Waals surface area contributed by atoms with Crippen molar-refractivity contribution in [2.45, 2.75) is 26.8 Å². The van der Waals surface area contributed by atoms with Crippen LogP contribution in [0.2, 0.25) is 0 Å². The van der Waals surface area contributed by atoms with Gasteiger partial charge >= 0.3 is 0 Å². The maximum Gasteiger partial charge on any atom is 0.248 e. The summed E-state index contributed by atoms with van der Waals surface area (Å²) in [5.74, 6) is 0.705. The lowest BCUT2D eigenvalue weighted by Gasteiger charge is -2.14. The monoisotopic (exact) mass is 305 g/mol. The summed E-state index contributed by atoms with van der Waals surface area (Å²) in [6.07, 6.45) is 0. The van der Waals surface area contributed by atoms with Crippen molar-refractivity contribution < 1.29 is 9.53 Å². The quantitative estimate of drug-likeness (QED) is 0.859. The van der Waals surface area contributed by atoms with Crippen molar-refractivity contribution in [2.24, 2.45) is 0 Å². The molecule has 0 aliphatic carbocycles. The van der Waals surface area contributed by atoms with Gasteiger partial charge < -0.3 is 15.4 Å². The van der Waals surface area contributed by atoms with Gasteiger partial charge in [0.1, 0.15) is 11.8 Å². The van der Waals surface area contributed by atoms with Crippen molar-refractivity contribution in [1.29, 1.82) is 0 Å². The third-order valence-electron chi connectivity index (χ3n) is 2.79. The Hall–Kier alpha value is -2.08. The molecule has 2 aromatic rings. The zero-order valence-corrected chi connectivity index (χ0v) is 13.2. The van der Waals surface area contributed by atoms with Crippen LogP contribution in [0.4, 0.5) is 10.8 Å². The van der Waals surface area contributed by atoms with Crippen LogP contribution in [0.15, 0.2) is 29.6 Å². The van der Waals surface area contributed by atoms with Crippen molar-refractivity contribution in [3.8, 4) is 5.75 Å². The summed E-state index contributed by atoms with van der Waals surface area (Å²) in [4.78, 5) is 16.3. The van der Waals surface area contributed by atoms with E-state index in [0.717, 1.165) is 17.1 Å². The zero-order chi connectivity index (χ0) is 15.2. The Balaban J connectivity index is 1.90. The topological polar surface area (TPSA) is 63.2 Å². The molecular formula is C15H19N3O2S. The van der Waals surface area contributed by atoms with Crippen LogP contribution in [-0.4, -0.2) is 23.5 Å². The molecule has 0 radical (unpaired) electrons. The van der Waals surface area contributed by atoms with Crippen LogP contribution in [0.3, 0.4) is 0 Å². The second-order valence-electron chi connectivity index (χ2n) is 4.61. The number of ether oxygens (including phenoxy) is 1. The fraction of sp³-hybridized carbons (Fsp3) is 0.333. The fourth-order valence-corrected chi connectivity index (χ4v) is 2.45. The molecule has 2 rings (SSSR count). The normalized spacial score (nSPS) is 11.8. The molecule has 0 fully saturated rings. The number of benzene rings is 1. The predicted molar refractivity (Wildman–Crippen MR) is 86.2 cm³/mol. The maximum atomic E-state index is 12.1. The lowest BCUT2D eigenvalue weighted by atomic mass is 10.2. The number of amides is 1. The molecule has 112 valence electrons. The molecule has 1 atom stereocenters. The molecule has 0 bridgehead atoms. The SMILES string of the molecule is CCOc1ccc(NC(C)C(=O)Nc2nc(C)cs2)cc1. The van der Waals surface area contributed by atoms with Crippen molar-refractivity contribution >= 4 is 28.1 Å². The lowest BCUT2D eigenvalue weighted by molar-refractivity contribution is -0.116. The number of thiazole rings is 1. The summed E-state index contributed by atoms with van der Waals surface area (Å²) >= 11 is 1.42. The van der Waals surface area contributed by atoms with Crippen LogP contribution in [0.5, 0.6) is 5.75 Å². The third kappa shape index (κ3) is 4.46. The molecular weight excluding hydrogens is 286 g/mol. The largest absolute Gasteiger partial charge is 0.494 e. The Morgan fingerprint density at radius 1 is 1.38 bits per heavy atom. The number of carbonyl (C=O) groups excluding carboxylic acids is 1. The molecule has 5 nitrogen and oxygen atoms in total. The number of nitrogens with one attached hydrogen (secondary N) is 2. The van der Waals surface area contributed by atoms with E-state index in [4.69, 9.17) is 4.74 Å². The van der Waals surface area contributed by atoms with Crippen LogP contribution in [0, 0.1) is 6.92 Å². The Labute approximate surface area is 128 Å². The van der Waals surface area contributed by atoms with Crippen molar-refractivity contribution in [3.63, 3.8) is 0 Å². The number of carbonyl (C=O) groups is 1. The summed E-state index contributed by atoms with van der Waals surface area (Å²) < 4.78 is 5.38. The van der Waals surface area contributed by atoms with Crippen molar-refractivity contribution in [2.75, 3.05) is 17.2 Å². The molecule has 1 unspecified atom stereocenters. The number of rotatable bonds is 6. The van der Waals surface area contributed by atoms with E-state index in [-0.39, 0.29) is 11.9 Å². The Bertz CT molecular complexity index is 595. The van der Waals surface area contributed by atoms with E-state index in [2.05, 4.69) is 15.6 Å². The number of anilines is 2. The molecule has 0 saturated carbocycles. The van der Waals surface area contributed by atoms with Gasteiger partial charge in [-0.15, -0.1) is 11.3 Å². The highest BCUT2D eigenvalue weighted by molar-refractivity contribution is 7.13. The number of nitrogens with zero attached hydrogens (tertiary/aromatic N) is 1. The first-order valence-electron chi connectivity index (χ1n) is 6.81. The van der Waals surface area contributed by atoms with Crippen LogP contribution >= 0.6 is 11.3 Å². The molecule has 1 aromatic heterocycles. The molecule has 1 heterocycles.